The third-order valence-corrected chi connectivity index (χ3v) is 4.41. The average Bonchev–Trinajstić information content (AvgIpc) is 3.19. The van der Waals surface area contributed by atoms with Crippen molar-refractivity contribution in [1.82, 2.24) is 9.97 Å². The smallest absolute Gasteiger partial charge is 0.408 e. The summed E-state index contributed by atoms with van der Waals surface area (Å²) in [6, 6.07) is 12.9. The first kappa shape index (κ1) is 16.1. The summed E-state index contributed by atoms with van der Waals surface area (Å²) in [4.78, 5) is 29.6. The summed E-state index contributed by atoms with van der Waals surface area (Å²) in [5.74, 6) is -0.595. The fourth-order valence-electron chi connectivity index (χ4n) is 2.57. The fraction of sp³-hybridized carbons (Fsp3) is 0.0556. The van der Waals surface area contributed by atoms with Gasteiger partial charge in [0.15, 0.2) is 10.7 Å². The van der Waals surface area contributed by atoms with Crippen molar-refractivity contribution < 1.29 is 9.21 Å². The Morgan fingerprint density at radius 2 is 2.04 bits per heavy atom. The van der Waals surface area contributed by atoms with Gasteiger partial charge in [0, 0.05) is 29.2 Å². The zero-order chi connectivity index (χ0) is 18.1. The van der Waals surface area contributed by atoms with Gasteiger partial charge in [-0.3, -0.25) is 9.78 Å². The van der Waals surface area contributed by atoms with E-state index in [2.05, 4.69) is 20.6 Å². The Morgan fingerprint density at radius 3 is 2.88 bits per heavy atom. The van der Waals surface area contributed by atoms with Crippen LogP contribution in [0.15, 0.2) is 57.1 Å². The summed E-state index contributed by atoms with van der Waals surface area (Å²) >= 11 is 1.46. The number of H-pyrrole nitrogens is 1. The second-order valence-electron chi connectivity index (χ2n) is 5.65. The van der Waals surface area contributed by atoms with Crippen molar-refractivity contribution in [2.75, 3.05) is 10.6 Å². The lowest BCUT2D eigenvalue weighted by molar-refractivity contribution is -0.114. The maximum absolute atomic E-state index is 11.3. The molecule has 0 aliphatic heterocycles. The van der Waals surface area contributed by atoms with Crippen LogP contribution in [0.5, 0.6) is 0 Å². The summed E-state index contributed by atoms with van der Waals surface area (Å²) in [6.07, 6.45) is 0. The third-order valence-electron chi connectivity index (χ3n) is 3.66. The van der Waals surface area contributed by atoms with Crippen molar-refractivity contribution in [3.05, 3.63) is 58.4 Å². The van der Waals surface area contributed by atoms with Crippen molar-refractivity contribution in [2.45, 2.75) is 6.92 Å². The molecule has 0 aliphatic rings. The van der Waals surface area contributed by atoms with Crippen molar-refractivity contribution in [1.29, 1.82) is 0 Å². The molecule has 0 unspecified atom stereocenters. The third kappa shape index (κ3) is 3.35. The molecule has 8 heteroatoms. The number of carbonyl (C=O) groups is 1. The van der Waals surface area contributed by atoms with Gasteiger partial charge in [-0.15, -0.1) is 11.3 Å². The van der Waals surface area contributed by atoms with Crippen LogP contribution in [-0.4, -0.2) is 15.9 Å². The molecule has 0 spiro atoms. The van der Waals surface area contributed by atoms with Gasteiger partial charge < -0.3 is 15.1 Å². The van der Waals surface area contributed by atoms with Crippen LogP contribution in [0.2, 0.25) is 0 Å². The quantitative estimate of drug-likeness (QED) is 0.508. The highest BCUT2D eigenvalue weighted by molar-refractivity contribution is 7.14. The number of nitrogens with one attached hydrogen (secondary N) is 3. The number of aromatic nitrogens is 2. The van der Waals surface area contributed by atoms with Gasteiger partial charge in [0.25, 0.3) is 0 Å². The molecule has 2 aromatic heterocycles. The Hall–Kier alpha value is -3.39. The minimum absolute atomic E-state index is 0.120. The summed E-state index contributed by atoms with van der Waals surface area (Å²) < 4.78 is 5.09. The van der Waals surface area contributed by atoms with Gasteiger partial charge in [-0.25, -0.2) is 9.78 Å². The highest BCUT2D eigenvalue weighted by Crippen LogP contribution is 2.29. The van der Waals surface area contributed by atoms with Crippen LogP contribution in [-0.2, 0) is 4.79 Å². The summed E-state index contributed by atoms with van der Waals surface area (Å²) in [5, 5.41) is 8.61. The first-order valence-electron chi connectivity index (χ1n) is 7.80. The number of oxazole rings is 1. The molecule has 0 bridgehead atoms. The molecular formula is C18H14N4O3S. The van der Waals surface area contributed by atoms with E-state index >= 15 is 0 Å². The van der Waals surface area contributed by atoms with Gasteiger partial charge in [0.2, 0.25) is 5.91 Å². The molecule has 0 saturated carbocycles. The lowest BCUT2D eigenvalue weighted by Gasteiger charge is -2.06. The van der Waals surface area contributed by atoms with Gasteiger partial charge in [0.1, 0.15) is 0 Å². The molecule has 3 N–H and O–H groups in total. The Bertz CT molecular complexity index is 1160. The van der Waals surface area contributed by atoms with Crippen LogP contribution >= 0.6 is 11.3 Å². The molecule has 0 aliphatic carbocycles. The van der Waals surface area contributed by atoms with Gasteiger partial charge >= 0.3 is 5.76 Å². The van der Waals surface area contributed by atoms with E-state index in [1.807, 2.05) is 35.7 Å². The second kappa shape index (κ2) is 6.49. The second-order valence-corrected chi connectivity index (χ2v) is 6.51. The number of hydrogen-bond donors (Lipinski definition) is 3. The Balaban J connectivity index is 1.57. The minimum atomic E-state index is -0.475. The first-order valence-corrected chi connectivity index (χ1v) is 8.68. The number of aromatic amines is 1. The standard InChI is InChI=1S/C18H14N4O3S/c1-10(23)19-12-3-2-4-13(8-12)20-17-21-15(9-26-17)11-5-6-14-16(7-11)25-18(24)22-14/h2-9H,1H3,(H,19,23)(H,20,21)(H,22,24). The Morgan fingerprint density at radius 1 is 1.19 bits per heavy atom. The molecule has 4 rings (SSSR count). The van der Waals surface area contributed by atoms with Crippen molar-refractivity contribution in [2.24, 2.45) is 0 Å². The van der Waals surface area contributed by atoms with E-state index in [0.717, 1.165) is 22.1 Å². The molecule has 130 valence electrons. The molecule has 4 aromatic rings. The zero-order valence-electron chi connectivity index (χ0n) is 13.7. The first-order chi connectivity index (χ1) is 12.6. The zero-order valence-corrected chi connectivity index (χ0v) is 14.5. The number of amides is 1. The molecular weight excluding hydrogens is 352 g/mol. The van der Waals surface area contributed by atoms with Gasteiger partial charge in [0.05, 0.1) is 11.2 Å². The monoisotopic (exact) mass is 366 g/mol. The van der Waals surface area contributed by atoms with Crippen LogP contribution in [0.1, 0.15) is 6.92 Å². The molecule has 0 atom stereocenters. The van der Waals surface area contributed by atoms with E-state index in [0.29, 0.717) is 16.8 Å². The molecule has 1 amide bonds. The van der Waals surface area contributed by atoms with Crippen LogP contribution in [0.4, 0.5) is 16.5 Å². The highest BCUT2D eigenvalue weighted by Gasteiger charge is 2.08. The number of carbonyl (C=O) groups excluding carboxylic acids is 1. The SMILES string of the molecule is CC(=O)Nc1cccc(Nc2nc(-c3ccc4[nH]c(=O)oc4c3)cs2)c1. The number of nitrogens with zero attached hydrogens (tertiary/aromatic N) is 1. The molecule has 0 saturated heterocycles. The number of fused-ring (bicyclic) bond motifs is 1. The minimum Gasteiger partial charge on any atom is -0.408 e. The summed E-state index contributed by atoms with van der Waals surface area (Å²) in [6.45, 7) is 1.47. The molecule has 2 heterocycles. The summed E-state index contributed by atoms with van der Waals surface area (Å²) in [5.41, 5.74) is 4.33. The largest absolute Gasteiger partial charge is 0.417 e. The molecule has 7 nitrogen and oxygen atoms in total. The van der Waals surface area contributed by atoms with Gasteiger partial charge in [-0.1, -0.05) is 12.1 Å². The van der Waals surface area contributed by atoms with E-state index in [1.54, 1.807) is 12.1 Å². The molecule has 0 radical (unpaired) electrons. The van der Waals surface area contributed by atoms with E-state index in [4.69, 9.17) is 4.42 Å². The fourth-order valence-corrected chi connectivity index (χ4v) is 3.31. The van der Waals surface area contributed by atoms with Crippen molar-refractivity contribution in [3.63, 3.8) is 0 Å². The lowest BCUT2D eigenvalue weighted by Crippen LogP contribution is -2.05. The van der Waals surface area contributed by atoms with Gasteiger partial charge in [-0.2, -0.15) is 0 Å². The van der Waals surface area contributed by atoms with E-state index < -0.39 is 5.76 Å². The number of anilines is 3. The number of rotatable bonds is 4. The molecule has 26 heavy (non-hydrogen) atoms. The van der Waals surface area contributed by atoms with Crippen LogP contribution in [0.25, 0.3) is 22.4 Å². The van der Waals surface area contributed by atoms with E-state index in [1.165, 1.54) is 18.3 Å². The Labute approximate surface area is 151 Å². The number of thiazole rings is 1. The normalized spacial score (nSPS) is 10.8. The molecule has 0 fully saturated rings. The van der Waals surface area contributed by atoms with E-state index in [9.17, 15) is 9.59 Å². The summed E-state index contributed by atoms with van der Waals surface area (Å²) in [7, 11) is 0. The lowest BCUT2D eigenvalue weighted by atomic mass is 10.1. The predicted molar refractivity (Wildman–Crippen MR) is 102 cm³/mol. The van der Waals surface area contributed by atoms with Crippen LogP contribution in [0, 0.1) is 0 Å². The Kier molecular flexibility index (Phi) is 4.02. The van der Waals surface area contributed by atoms with E-state index in [-0.39, 0.29) is 5.91 Å². The number of benzene rings is 2. The predicted octanol–water partition coefficient (Wildman–Crippen LogP) is 3.95. The number of hydrogen-bond acceptors (Lipinski definition) is 6. The molecule has 2 aromatic carbocycles. The maximum atomic E-state index is 11.3. The topological polar surface area (TPSA) is 100 Å². The van der Waals surface area contributed by atoms with Crippen LogP contribution in [0.3, 0.4) is 0 Å². The maximum Gasteiger partial charge on any atom is 0.417 e. The van der Waals surface area contributed by atoms with Crippen molar-refractivity contribution >= 4 is 44.9 Å². The van der Waals surface area contributed by atoms with Crippen LogP contribution < -0.4 is 16.4 Å². The average molecular weight is 366 g/mol. The van der Waals surface area contributed by atoms with Crippen molar-refractivity contribution in [3.8, 4) is 11.3 Å². The highest BCUT2D eigenvalue weighted by atomic mass is 32.1. The van der Waals surface area contributed by atoms with Gasteiger partial charge in [-0.05, 0) is 30.3 Å².